The molecule has 1 heterocycles. The molecule has 3 aromatic rings. The number of hydrogen-bond acceptors (Lipinski definition) is 5. The van der Waals surface area contributed by atoms with Crippen molar-refractivity contribution < 1.29 is 19.4 Å². The number of hydrogen-bond donors (Lipinski definition) is 2. The number of aliphatic hydroxyl groups is 1. The zero-order chi connectivity index (χ0) is 35.6. The first-order chi connectivity index (χ1) is 24.4. The van der Waals surface area contributed by atoms with E-state index < -0.39 is 6.29 Å². The molecule has 6 nitrogen and oxygen atoms in total. The fourth-order valence-electron chi connectivity index (χ4n) is 7.10. The third kappa shape index (κ3) is 12.6. The monoisotopic (exact) mass is 684 g/mol. The van der Waals surface area contributed by atoms with Gasteiger partial charge >= 0.3 is 0 Å². The Balaban J connectivity index is 1.53. The average Bonchev–Trinajstić information content (AvgIpc) is 3.14. The molecule has 0 radical (unpaired) electrons. The Morgan fingerprint density at radius 2 is 1.32 bits per heavy atom. The maximum absolute atomic E-state index is 11.6. The van der Waals surface area contributed by atoms with E-state index in [9.17, 15) is 9.90 Å². The van der Waals surface area contributed by atoms with Crippen molar-refractivity contribution in [3.63, 3.8) is 0 Å². The quantitative estimate of drug-likeness (QED) is 0.103. The summed E-state index contributed by atoms with van der Waals surface area (Å²) in [6.07, 6.45) is 15.0. The number of aliphatic hydroxyl groups excluding tert-OH is 1. The van der Waals surface area contributed by atoms with Crippen LogP contribution in [0.4, 0.5) is 0 Å². The van der Waals surface area contributed by atoms with E-state index in [1.807, 2.05) is 24.3 Å². The van der Waals surface area contributed by atoms with Crippen molar-refractivity contribution in [3.05, 3.63) is 95.1 Å². The van der Waals surface area contributed by atoms with Crippen LogP contribution < -0.4 is 5.32 Å². The van der Waals surface area contributed by atoms with Crippen LogP contribution in [0.25, 0.3) is 11.1 Å². The largest absolute Gasteiger partial charge is 0.392 e. The van der Waals surface area contributed by atoms with Crippen LogP contribution in [-0.2, 0) is 27.4 Å². The molecular weight excluding hydrogens is 620 g/mol. The van der Waals surface area contributed by atoms with Crippen molar-refractivity contribution in [3.8, 4) is 11.1 Å². The number of rotatable bonds is 22. The summed E-state index contributed by atoms with van der Waals surface area (Å²) >= 11 is 0. The molecule has 274 valence electrons. The maximum Gasteiger partial charge on any atom is 0.217 e. The summed E-state index contributed by atoms with van der Waals surface area (Å²) < 4.78 is 13.7. The molecule has 1 aliphatic heterocycles. The third-order valence-corrected chi connectivity index (χ3v) is 10.3. The first-order valence-corrected chi connectivity index (χ1v) is 19.6. The highest BCUT2D eigenvalue weighted by Gasteiger charge is 2.39. The second-order valence-corrected chi connectivity index (χ2v) is 14.3. The lowest BCUT2D eigenvalue weighted by atomic mass is 9.89. The molecule has 0 aromatic heterocycles. The topological polar surface area (TPSA) is 71.0 Å². The van der Waals surface area contributed by atoms with Gasteiger partial charge in [-0.3, -0.25) is 4.79 Å². The molecule has 2 N–H and O–H groups in total. The van der Waals surface area contributed by atoms with Crippen molar-refractivity contribution in [1.29, 1.82) is 0 Å². The summed E-state index contributed by atoms with van der Waals surface area (Å²) in [6.45, 7) is 12.0. The fraction of sp³-hybridized carbons (Fsp3) is 0.568. The molecular formula is C44H64N2O4. The third-order valence-electron chi connectivity index (χ3n) is 10.3. The van der Waals surface area contributed by atoms with Crippen LogP contribution in [0.5, 0.6) is 0 Å². The average molecular weight is 685 g/mol. The first kappa shape index (κ1) is 39.8. The Morgan fingerprint density at radius 3 is 1.92 bits per heavy atom. The van der Waals surface area contributed by atoms with Gasteiger partial charge < -0.3 is 24.8 Å². The highest BCUT2D eigenvalue weighted by atomic mass is 16.7. The summed E-state index contributed by atoms with van der Waals surface area (Å²) in [5.74, 6) is 0.117. The van der Waals surface area contributed by atoms with Gasteiger partial charge in [0.05, 0.1) is 18.8 Å². The second-order valence-electron chi connectivity index (χ2n) is 14.3. The van der Waals surface area contributed by atoms with E-state index in [2.05, 4.69) is 79.5 Å². The molecule has 0 spiro atoms. The normalized spacial score (nSPS) is 19.2. The van der Waals surface area contributed by atoms with Gasteiger partial charge in [0.1, 0.15) is 0 Å². The van der Waals surface area contributed by atoms with Gasteiger partial charge in [0.25, 0.3) is 0 Å². The van der Waals surface area contributed by atoms with Crippen LogP contribution in [0.3, 0.4) is 0 Å². The molecule has 0 aliphatic carbocycles. The second kappa shape index (κ2) is 22.0. The fourth-order valence-corrected chi connectivity index (χ4v) is 7.10. The van der Waals surface area contributed by atoms with Crippen LogP contribution >= 0.6 is 0 Å². The smallest absolute Gasteiger partial charge is 0.217 e. The molecule has 50 heavy (non-hydrogen) atoms. The number of carbonyl (C=O) groups excluding carboxylic acids is 1. The Morgan fingerprint density at radius 1 is 0.740 bits per heavy atom. The first-order valence-electron chi connectivity index (χ1n) is 19.6. The molecule has 3 aromatic carbocycles. The van der Waals surface area contributed by atoms with E-state index in [0.717, 1.165) is 53.0 Å². The van der Waals surface area contributed by atoms with E-state index in [0.29, 0.717) is 6.54 Å². The summed E-state index contributed by atoms with van der Waals surface area (Å²) in [6, 6.07) is 24.9. The molecule has 4 rings (SSSR count). The number of unbranched alkanes of at least 4 members (excludes halogenated alkanes) is 10. The summed E-state index contributed by atoms with van der Waals surface area (Å²) in [5, 5.41) is 12.6. The molecule has 1 amide bonds. The number of nitrogens with zero attached hydrogens (tertiary/aromatic N) is 1. The van der Waals surface area contributed by atoms with Crippen LogP contribution in [-0.4, -0.2) is 41.7 Å². The highest BCUT2D eigenvalue weighted by Crippen LogP contribution is 2.42. The Kier molecular flexibility index (Phi) is 17.5. The van der Waals surface area contributed by atoms with Gasteiger partial charge in [-0.15, -0.1) is 0 Å². The van der Waals surface area contributed by atoms with Crippen molar-refractivity contribution in [2.45, 2.75) is 136 Å². The lowest BCUT2D eigenvalue weighted by Gasteiger charge is -2.43. The number of carbonyl (C=O) groups is 1. The van der Waals surface area contributed by atoms with Gasteiger partial charge in [-0.25, -0.2) is 0 Å². The molecule has 6 heteroatoms. The standard InChI is InChI=1S/C44H64N2O4/c1-5-7-9-11-13-17-29-46(30-18-14-12-10-8-6-2)32-42-34(3)43(38-23-21-36(33-47)22-24-38)50-44(49-42)39-27-25-37(26-28-39)41-20-16-15-19-40(41)31-45-35(4)48/h15-16,19-28,34,42-44,47H,5-14,17-18,29-33H2,1-4H3,(H,45,48). The van der Waals surface area contributed by atoms with Crippen molar-refractivity contribution in [2.24, 2.45) is 5.92 Å². The zero-order valence-corrected chi connectivity index (χ0v) is 31.4. The lowest BCUT2D eigenvalue weighted by Crippen LogP contribution is -2.45. The highest BCUT2D eigenvalue weighted by molar-refractivity contribution is 5.74. The van der Waals surface area contributed by atoms with Gasteiger partial charge in [-0.1, -0.05) is 158 Å². The van der Waals surface area contributed by atoms with E-state index in [4.69, 9.17) is 9.47 Å². The van der Waals surface area contributed by atoms with Gasteiger partial charge in [0, 0.05) is 31.5 Å². The Bertz CT molecular complexity index is 1360. The minimum Gasteiger partial charge on any atom is -0.392 e. The number of ether oxygens (including phenoxy) is 2. The minimum atomic E-state index is -0.493. The predicted octanol–water partition coefficient (Wildman–Crippen LogP) is 10.3. The molecule has 1 aliphatic rings. The molecule has 0 bridgehead atoms. The number of nitrogens with one attached hydrogen (secondary N) is 1. The van der Waals surface area contributed by atoms with Crippen LogP contribution in [0, 0.1) is 5.92 Å². The van der Waals surface area contributed by atoms with E-state index >= 15 is 0 Å². The summed E-state index contributed by atoms with van der Waals surface area (Å²) in [5.41, 5.74) is 6.30. The molecule has 4 unspecified atom stereocenters. The molecule has 0 saturated carbocycles. The van der Waals surface area contributed by atoms with Crippen molar-refractivity contribution in [1.82, 2.24) is 10.2 Å². The SMILES string of the molecule is CCCCCCCCN(CCCCCCCC)CC1OC(c2ccc(-c3ccccc3CNC(C)=O)cc2)OC(c2ccc(CO)cc2)C1C. The summed E-state index contributed by atoms with van der Waals surface area (Å²) in [4.78, 5) is 14.3. The number of amides is 1. The minimum absolute atomic E-state index is 0.00880. The van der Waals surface area contributed by atoms with Crippen LogP contribution in [0.15, 0.2) is 72.8 Å². The Hall–Kier alpha value is -3.03. The lowest BCUT2D eigenvalue weighted by molar-refractivity contribution is -0.276. The molecule has 1 fully saturated rings. The predicted molar refractivity (Wildman–Crippen MR) is 206 cm³/mol. The van der Waals surface area contributed by atoms with Gasteiger partial charge in [0.2, 0.25) is 5.91 Å². The number of benzene rings is 3. The van der Waals surface area contributed by atoms with E-state index in [1.165, 1.54) is 77.0 Å². The van der Waals surface area contributed by atoms with Gasteiger partial charge in [0.15, 0.2) is 6.29 Å². The van der Waals surface area contributed by atoms with E-state index in [-0.39, 0.29) is 30.6 Å². The summed E-state index contributed by atoms with van der Waals surface area (Å²) in [7, 11) is 0. The van der Waals surface area contributed by atoms with Crippen molar-refractivity contribution in [2.75, 3.05) is 19.6 Å². The van der Waals surface area contributed by atoms with Gasteiger partial charge in [-0.2, -0.15) is 0 Å². The van der Waals surface area contributed by atoms with Crippen molar-refractivity contribution >= 4 is 5.91 Å². The maximum atomic E-state index is 11.6. The molecule has 1 saturated heterocycles. The molecule has 4 atom stereocenters. The van der Waals surface area contributed by atoms with Crippen LogP contribution in [0.1, 0.15) is 139 Å². The van der Waals surface area contributed by atoms with E-state index in [1.54, 1.807) is 6.92 Å². The van der Waals surface area contributed by atoms with Crippen LogP contribution in [0.2, 0.25) is 0 Å². The zero-order valence-electron chi connectivity index (χ0n) is 31.4. The van der Waals surface area contributed by atoms with Gasteiger partial charge in [-0.05, 0) is 53.7 Å². The Labute approximate surface area is 303 Å².